The first-order valence-electron chi connectivity index (χ1n) is 11.8. The van der Waals surface area contributed by atoms with Gasteiger partial charge in [-0.05, 0) is 78.9 Å². The molecule has 0 saturated carbocycles. The van der Waals surface area contributed by atoms with E-state index in [0.29, 0.717) is 17.2 Å². The van der Waals surface area contributed by atoms with E-state index in [2.05, 4.69) is 53.7 Å². The van der Waals surface area contributed by atoms with Crippen molar-refractivity contribution in [3.8, 4) is 11.5 Å². The van der Waals surface area contributed by atoms with Gasteiger partial charge in [0.25, 0.3) is 0 Å². The molecular weight excluding hydrogens is 410 g/mol. The highest BCUT2D eigenvalue weighted by Gasteiger charge is 2.38. The maximum atomic E-state index is 13.7. The first kappa shape index (κ1) is 23.2. The van der Waals surface area contributed by atoms with E-state index < -0.39 is 0 Å². The molecule has 0 spiro atoms. The smallest absolute Gasteiger partial charge is 0.200 e. The number of phenolic OH excluding ortho intramolecular Hbond substituents is 1. The van der Waals surface area contributed by atoms with Gasteiger partial charge in [-0.15, -0.1) is 0 Å². The van der Waals surface area contributed by atoms with E-state index >= 15 is 0 Å². The summed E-state index contributed by atoms with van der Waals surface area (Å²) in [6.45, 7) is 12.5. The average Bonchev–Trinajstić information content (AvgIpc) is 2.74. The molecule has 1 atom stereocenters. The fourth-order valence-electron chi connectivity index (χ4n) is 5.16. The molecule has 2 heterocycles. The number of nitrogens with zero attached hydrogens (tertiary/aromatic N) is 1. The average molecular weight is 446 g/mol. The van der Waals surface area contributed by atoms with Crippen molar-refractivity contribution in [3.05, 3.63) is 68.9 Å². The number of hydrogen-bond acceptors (Lipinski definition) is 3. The SMILES string of the molecule is CC(C)=CCc1c2c(c(O)c3c(=O)c4ccccc4n(C)c13)C(CC=C(C)C)CC(C)(C)O2. The van der Waals surface area contributed by atoms with E-state index in [0.717, 1.165) is 40.8 Å². The van der Waals surface area contributed by atoms with Crippen LogP contribution < -0.4 is 10.2 Å². The summed E-state index contributed by atoms with van der Waals surface area (Å²) in [4.78, 5) is 13.7. The molecule has 1 aliphatic rings. The summed E-state index contributed by atoms with van der Waals surface area (Å²) in [7, 11) is 1.97. The lowest BCUT2D eigenvalue weighted by atomic mass is 9.79. The molecule has 0 amide bonds. The highest BCUT2D eigenvalue weighted by atomic mass is 16.5. The van der Waals surface area contributed by atoms with Crippen LogP contribution in [-0.2, 0) is 13.5 Å². The maximum Gasteiger partial charge on any atom is 0.200 e. The van der Waals surface area contributed by atoms with Gasteiger partial charge in [0.2, 0.25) is 5.43 Å². The lowest BCUT2D eigenvalue weighted by Gasteiger charge is -2.39. The summed E-state index contributed by atoms with van der Waals surface area (Å²) < 4.78 is 8.63. The number of benzene rings is 2. The minimum Gasteiger partial charge on any atom is -0.507 e. The second kappa shape index (κ2) is 8.40. The molecule has 33 heavy (non-hydrogen) atoms. The van der Waals surface area contributed by atoms with Gasteiger partial charge in [0.05, 0.1) is 16.4 Å². The molecule has 0 radical (unpaired) electrons. The van der Waals surface area contributed by atoms with Crippen LogP contribution in [0.5, 0.6) is 11.5 Å². The molecule has 3 aromatic rings. The Morgan fingerprint density at radius 2 is 1.82 bits per heavy atom. The molecule has 4 heteroatoms. The van der Waals surface area contributed by atoms with Crippen LogP contribution in [0.1, 0.15) is 71.4 Å². The second-order valence-corrected chi connectivity index (χ2v) is 10.5. The number of rotatable bonds is 4. The molecular formula is C29H35NO3. The second-order valence-electron chi connectivity index (χ2n) is 10.5. The van der Waals surface area contributed by atoms with E-state index in [1.807, 2.05) is 35.9 Å². The van der Waals surface area contributed by atoms with Crippen molar-refractivity contribution in [3.63, 3.8) is 0 Å². The van der Waals surface area contributed by atoms with Crippen LogP contribution in [0.3, 0.4) is 0 Å². The zero-order valence-electron chi connectivity index (χ0n) is 20.9. The van der Waals surface area contributed by atoms with Crippen LogP contribution in [0.15, 0.2) is 52.4 Å². The molecule has 1 N–H and O–H groups in total. The van der Waals surface area contributed by atoms with Crippen molar-refractivity contribution >= 4 is 21.8 Å². The summed E-state index contributed by atoms with van der Waals surface area (Å²) in [5, 5.41) is 12.7. The number of aryl methyl sites for hydroxylation is 1. The number of aromatic hydroxyl groups is 1. The van der Waals surface area contributed by atoms with E-state index in [1.54, 1.807) is 0 Å². The summed E-state index contributed by atoms with van der Waals surface area (Å²) in [6.07, 6.45) is 6.60. The number of ether oxygens (including phenoxy) is 1. The van der Waals surface area contributed by atoms with Crippen molar-refractivity contribution < 1.29 is 9.84 Å². The number of hydrogen-bond donors (Lipinski definition) is 1. The summed E-state index contributed by atoms with van der Waals surface area (Å²) in [5.41, 5.74) is 5.31. The quantitative estimate of drug-likeness (QED) is 0.351. The standard InChI is InChI=1S/C29H35NO3/c1-17(2)12-14-19-16-29(5,6)33-28-21(15-13-18(3)4)25-24(27(32)23(19)28)26(31)20-10-8-9-11-22(20)30(25)7/h8-13,19,32H,14-16H2,1-7H3. The largest absolute Gasteiger partial charge is 0.507 e. The van der Waals surface area contributed by atoms with Crippen LogP contribution in [0.4, 0.5) is 0 Å². The van der Waals surface area contributed by atoms with Crippen molar-refractivity contribution in [1.82, 2.24) is 4.57 Å². The normalized spacial score (nSPS) is 16.9. The molecule has 0 aliphatic carbocycles. The third-order valence-electron chi connectivity index (χ3n) is 6.66. The first-order chi connectivity index (χ1) is 15.5. The van der Waals surface area contributed by atoms with Crippen LogP contribution >= 0.6 is 0 Å². The van der Waals surface area contributed by atoms with Crippen LogP contribution in [0.2, 0.25) is 0 Å². The van der Waals surface area contributed by atoms with E-state index in [9.17, 15) is 9.90 Å². The predicted octanol–water partition coefficient (Wildman–Crippen LogP) is 6.91. The number of aromatic nitrogens is 1. The third kappa shape index (κ3) is 4.07. The van der Waals surface area contributed by atoms with Crippen LogP contribution in [-0.4, -0.2) is 15.3 Å². The van der Waals surface area contributed by atoms with Gasteiger partial charge in [-0.25, -0.2) is 0 Å². The van der Waals surface area contributed by atoms with Gasteiger partial charge in [-0.2, -0.15) is 0 Å². The van der Waals surface area contributed by atoms with Crippen molar-refractivity contribution in [2.24, 2.45) is 7.05 Å². The number of para-hydroxylation sites is 1. The molecule has 4 rings (SSSR count). The highest BCUT2D eigenvalue weighted by Crippen LogP contribution is 2.51. The van der Waals surface area contributed by atoms with Gasteiger partial charge >= 0.3 is 0 Å². The summed E-state index contributed by atoms with van der Waals surface area (Å²) in [5.74, 6) is 0.894. The van der Waals surface area contributed by atoms with Crippen LogP contribution in [0, 0.1) is 0 Å². The monoisotopic (exact) mass is 445 g/mol. The van der Waals surface area contributed by atoms with Gasteiger partial charge in [-0.3, -0.25) is 4.79 Å². The van der Waals surface area contributed by atoms with Gasteiger partial charge in [0.15, 0.2) is 0 Å². The van der Waals surface area contributed by atoms with Gasteiger partial charge in [-0.1, -0.05) is 35.4 Å². The van der Waals surface area contributed by atoms with Crippen molar-refractivity contribution in [2.45, 2.75) is 72.3 Å². The topological polar surface area (TPSA) is 51.5 Å². The van der Waals surface area contributed by atoms with E-state index in [1.165, 1.54) is 11.1 Å². The lowest BCUT2D eigenvalue weighted by Crippen LogP contribution is -2.35. The molecule has 0 bridgehead atoms. The third-order valence-corrected chi connectivity index (χ3v) is 6.66. The number of allylic oxidation sites excluding steroid dienone is 4. The Labute approximate surface area is 196 Å². The zero-order valence-corrected chi connectivity index (χ0v) is 20.9. The molecule has 1 unspecified atom stereocenters. The molecule has 2 aromatic carbocycles. The molecule has 1 aromatic heterocycles. The van der Waals surface area contributed by atoms with Crippen molar-refractivity contribution in [2.75, 3.05) is 0 Å². The maximum absolute atomic E-state index is 13.7. The molecule has 0 saturated heterocycles. The number of pyridine rings is 1. The van der Waals surface area contributed by atoms with Gasteiger partial charge in [0.1, 0.15) is 17.1 Å². The number of phenols is 1. The first-order valence-corrected chi connectivity index (χ1v) is 11.8. The van der Waals surface area contributed by atoms with E-state index in [-0.39, 0.29) is 22.7 Å². The Morgan fingerprint density at radius 3 is 2.48 bits per heavy atom. The molecule has 4 nitrogen and oxygen atoms in total. The zero-order chi connectivity index (χ0) is 24.1. The fourth-order valence-corrected chi connectivity index (χ4v) is 5.16. The number of fused-ring (bicyclic) bond motifs is 3. The Kier molecular flexibility index (Phi) is 5.90. The Morgan fingerprint density at radius 1 is 1.15 bits per heavy atom. The molecule has 0 fully saturated rings. The van der Waals surface area contributed by atoms with E-state index in [4.69, 9.17) is 4.74 Å². The molecule has 1 aliphatic heterocycles. The minimum absolute atomic E-state index is 0.0738. The fraction of sp³-hybridized carbons (Fsp3) is 0.414. The summed E-state index contributed by atoms with van der Waals surface area (Å²) in [6, 6.07) is 7.61. The predicted molar refractivity (Wildman–Crippen MR) is 138 cm³/mol. The molecule has 174 valence electrons. The Hall–Kier alpha value is -3.01. The summed E-state index contributed by atoms with van der Waals surface area (Å²) >= 11 is 0. The van der Waals surface area contributed by atoms with Gasteiger partial charge < -0.3 is 14.4 Å². The van der Waals surface area contributed by atoms with Gasteiger partial charge in [0, 0.05) is 23.6 Å². The highest BCUT2D eigenvalue weighted by molar-refractivity contribution is 6.00. The minimum atomic E-state index is -0.372. The Bertz CT molecular complexity index is 1360. The Balaban J connectivity index is 2.19. The lowest BCUT2D eigenvalue weighted by molar-refractivity contribution is 0.0703. The van der Waals surface area contributed by atoms with Crippen LogP contribution in [0.25, 0.3) is 21.8 Å². The van der Waals surface area contributed by atoms with Crippen molar-refractivity contribution in [1.29, 1.82) is 0 Å².